The van der Waals surface area contributed by atoms with Gasteiger partial charge >= 0.3 is 0 Å². The molecule has 2 aliphatic rings. The van der Waals surface area contributed by atoms with E-state index in [0.29, 0.717) is 6.54 Å². The number of piperidine rings is 1. The normalized spacial score (nSPS) is 25.8. The van der Waals surface area contributed by atoms with Crippen molar-refractivity contribution in [2.75, 3.05) is 31.1 Å². The molecule has 6 heteroatoms. The average molecular weight is 308 g/mol. The Kier molecular flexibility index (Phi) is 4.57. The van der Waals surface area contributed by atoms with Crippen LogP contribution in [0.4, 0.5) is 5.13 Å². The Morgan fingerprint density at radius 1 is 1.57 bits per heavy atom. The molecule has 116 valence electrons. The van der Waals surface area contributed by atoms with E-state index in [2.05, 4.69) is 20.6 Å². The number of fused-ring (bicyclic) bond motifs is 1. The molecule has 2 atom stereocenters. The third kappa shape index (κ3) is 3.27. The van der Waals surface area contributed by atoms with Crippen LogP contribution in [-0.2, 0) is 11.3 Å². The van der Waals surface area contributed by atoms with Crippen LogP contribution in [-0.4, -0.2) is 48.0 Å². The molecule has 2 unspecified atom stereocenters. The Bertz CT molecular complexity index is 504. The van der Waals surface area contributed by atoms with Crippen LogP contribution in [0.5, 0.6) is 0 Å². The molecule has 0 spiro atoms. The van der Waals surface area contributed by atoms with Gasteiger partial charge in [0.1, 0.15) is 0 Å². The number of thiazole rings is 1. The Morgan fingerprint density at radius 2 is 2.43 bits per heavy atom. The molecule has 0 bridgehead atoms. The Balaban J connectivity index is 1.60. The van der Waals surface area contributed by atoms with E-state index in [-0.39, 0.29) is 5.91 Å². The average Bonchev–Trinajstić information content (AvgIpc) is 3.08. The molecule has 3 heterocycles. The lowest BCUT2D eigenvalue weighted by Crippen LogP contribution is -2.43. The molecule has 1 aromatic rings. The monoisotopic (exact) mass is 308 g/mol. The van der Waals surface area contributed by atoms with Crippen molar-refractivity contribution in [3.8, 4) is 0 Å². The van der Waals surface area contributed by atoms with Gasteiger partial charge in [-0.25, -0.2) is 4.98 Å². The zero-order valence-electron chi connectivity index (χ0n) is 12.8. The van der Waals surface area contributed by atoms with E-state index in [4.69, 9.17) is 0 Å². The summed E-state index contributed by atoms with van der Waals surface area (Å²) < 4.78 is 0. The fourth-order valence-electron chi connectivity index (χ4n) is 3.48. The summed E-state index contributed by atoms with van der Waals surface area (Å²) in [5, 5.41) is 6.53. The summed E-state index contributed by atoms with van der Waals surface area (Å²) in [7, 11) is 0. The van der Waals surface area contributed by atoms with Crippen LogP contribution in [0.1, 0.15) is 32.4 Å². The van der Waals surface area contributed by atoms with Crippen molar-refractivity contribution < 1.29 is 4.79 Å². The van der Waals surface area contributed by atoms with Crippen LogP contribution in [0.3, 0.4) is 0 Å². The van der Waals surface area contributed by atoms with E-state index >= 15 is 0 Å². The first-order chi connectivity index (χ1) is 10.2. The number of aromatic nitrogens is 1. The van der Waals surface area contributed by atoms with Crippen LogP contribution in [0.15, 0.2) is 5.38 Å². The van der Waals surface area contributed by atoms with Gasteiger partial charge in [-0.2, -0.15) is 0 Å². The molecule has 21 heavy (non-hydrogen) atoms. The third-order valence-electron chi connectivity index (χ3n) is 4.59. The van der Waals surface area contributed by atoms with Crippen molar-refractivity contribution in [3.63, 3.8) is 0 Å². The van der Waals surface area contributed by atoms with Crippen LogP contribution in [0.25, 0.3) is 0 Å². The fourth-order valence-corrected chi connectivity index (χ4v) is 4.40. The maximum Gasteiger partial charge on any atom is 0.225 e. The van der Waals surface area contributed by atoms with E-state index in [1.54, 1.807) is 23.2 Å². The second-order valence-corrected chi connectivity index (χ2v) is 6.85. The van der Waals surface area contributed by atoms with Gasteiger partial charge in [-0.15, -0.1) is 11.3 Å². The van der Waals surface area contributed by atoms with Gasteiger partial charge in [0.15, 0.2) is 5.13 Å². The predicted molar refractivity (Wildman–Crippen MR) is 85.6 cm³/mol. The molecular formula is C15H24N4OS. The zero-order chi connectivity index (χ0) is 14.8. The first kappa shape index (κ1) is 14.9. The highest BCUT2D eigenvalue weighted by Gasteiger charge is 2.32. The molecule has 2 saturated heterocycles. The summed E-state index contributed by atoms with van der Waals surface area (Å²) in [6, 6.07) is 0.737. The summed E-state index contributed by atoms with van der Waals surface area (Å²) in [4.78, 5) is 20.5. The molecule has 2 fully saturated rings. The quantitative estimate of drug-likeness (QED) is 0.920. The molecule has 1 amide bonds. The highest BCUT2D eigenvalue weighted by Crippen LogP contribution is 2.27. The van der Waals surface area contributed by atoms with Crippen LogP contribution in [0.2, 0.25) is 0 Å². The highest BCUT2D eigenvalue weighted by molar-refractivity contribution is 7.14. The Morgan fingerprint density at radius 3 is 3.19 bits per heavy atom. The number of anilines is 1. The maximum atomic E-state index is 11.6. The number of carbonyl (C=O) groups is 1. The third-order valence-corrected chi connectivity index (χ3v) is 5.50. The number of nitrogens with zero attached hydrogens (tertiary/aromatic N) is 3. The molecule has 3 rings (SSSR count). The van der Waals surface area contributed by atoms with Gasteiger partial charge < -0.3 is 5.32 Å². The van der Waals surface area contributed by atoms with Crippen molar-refractivity contribution in [1.29, 1.82) is 0 Å². The summed E-state index contributed by atoms with van der Waals surface area (Å²) in [5.74, 6) is 0.873. The smallest absolute Gasteiger partial charge is 0.225 e. The molecule has 1 N–H and O–H groups in total. The lowest BCUT2D eigenvalue weighted by Gasteiger charge is -2.34. The van der Waals surface area contributed by atoms with Crippen molar-refractivity contribution in [2.24, 2.45) is 5.92 Å². The molecule has 5 nitrogen and oxygen atoms in total. The van der Waals surface area contributed by atoms with E-state index in [1.807, 2.05) is 6.92 Å². The lowest BCUT2D eigenvalue weighted by molar-refractivity contribution is -0.116. The molecule has 1 aromatic heterocycles. The number of rotatable bonds is 4. The number of amides is 1. The summed E-state index contributed by atoms with van der Waals surface area (Å²) >= 11 is 1.57. The van der Waals surface area contributed by atoms with Crippen LogP contribution in [0, 0.1) is 5.92 Å². The maximum absolute atomic E-state index is 11.6. The highest BCUT2D eigenvalue weighted by atomic mass is 32.1. The standard InChI is InChI=1S/C15H24N4OS/c1-3-19(11(2)20)15-17-13(10-21-15)9-18-7-5-14-12(8-18)4-6-16-14/h10,12,14,16H,3-9H2,1-2H3. The zero-order valence-corrected chi connectivity index (χ0v) is 13.7. The molecule has 0 aliphatic carbocycles. The summed E-state index contributed by atoms with van der Waals surface area (Å²) in [6.07, 6.45) is 2.55. The number of hydrogen-bond donors (Lipinski definition) is 1. The van der Waals surface area contributed by atoms with E-state index in [0.717, 1.165) is 35.9 Å². The van der Waals surface area contributed by atoms with Gasteiger partial charge in [0.2, 0.25) is 5.91 Å². The predicted octanol–water partition coefficient (Wildman–Crippen LogP) is 1.70. The van der Waals surface area contributed by atoms with Crippen LogP contribution < -0.4 is 10.2 Å². The number of hydrogen-bond acceptors (Lipinski definition) is 5. The van der Waals surface area contributed by atoms with E-state index in [9.17, 15) is 4.79 Å². The minimum atomic E-state index is 0.0660. The number of nitrogens with one attached hydrogen (secondary N) is 1. The number of likely N-dealkylation sites (tertiary alicyclic amines) is 1. The topological polar surface area (TPSA) is 48.5 Å². The first-order valence-corrected chi connectivity index (χ1v) is 8.73. The molecule has 0 aromatic carbocycles. The fraction of sp³-hybridized carbons (Fsp3) is 0.733. The van der Waals surface area contributed by atoms with Crippen LogP contribution >= 0.6 is 11.3 Å². The van der Waals surface area contributed by atoms with Crippen molar-refractivity contribution >= 4 is 22.4 Å². The lowest BCUT2D eigenvalue weighted by atomic mass is 9.93. The molecule has 2 aliphatic heterocycles. The van der Waals surface area contributed by atoms with Gasteiger partial charge in [-0.1, -0.05) is 0 Å². The Labute approximate surface area is 130 Å². The van der Waals surface area contributed by atoms with Crippen molar-refractivity contribution in [1.82, 2.24) is 15.2 Å². The summed E-state index contributed by atoms with van der Waals surface area (Å²) in [5.41, 5.74) is 1.10. The number of carbonyl (C=O) groups excluding carboxylic acids is 1. The van der Waals surface area contributed by atoms with Gasteiger partial charge in [0.25, 0.3) is 0 Å². The minimum absolute atomic E-state index is 0.0660. The minimum Gasteiger partial charge on any atom is -0.314 e. The molecule has 0 saturated carbocycles. The second kappa shape index (κ2) is 6.42. The Hall–Kier alpha value is -0.980. The second-order valence-electron chi connectivity index (χ2n) is 6.02. The largest absolute Gasteiger partial charge is 0.314 e. The SMILES string of the molecule is CCN(C(C)=O)c1nc(CN2CCC3NCCC3C2)cs1. The van der Waals surface area contributed by atoms with Crippen molar-refractivity contribution in [3.05, 3.63) is 11.1 Å². The van der Waals surface area contributed by atoms with E-state index < -0.39 is 0 Å². The van der Waals surface area contributed by atoms with Gasteiger partial charge in [0, 0.05) is 44.5 Å². The molecular weight excluding hydrogens is 284 g/mol. The molecule has 0 radical (unpaired) electrons. The van der Waals surface area contributed by atoms with Gasteiger partial charge in [0.05, 0.1) is 5.69 Å². The summed E-state index contributed by atoms with van der Waals surface area (Å²) in [6.45, 7) is 8.67. The van der Waals surface area contributed by atoms with Gasteiger partial charge in [-0.3, -0.25) is 14.6 Å². The van der Waals surface area contributed by atoms with Crippen molar-refractivity contribution in [2.45, 2.75) is 39.3 Å². The first-order valence-electron chi connectivity index (χ1n) is 7.85. The van der Waals surface area contributed by atoms with E-state index in [1.165, 1.54) is 25.9 Å². The van der Waals surface area contributed by atoms with Gasteiger partial charge in [-0.05, 0) is 32.2 Å².